The molecule has 2 atom stereocenters. The van der Waals surface area contributed by atoms with Gasteiger partial charge in [0.1, 0.15) is 11.4 Å². The van der Waals surface area contributed by atoms with Gasteiger partial charge in [0.05, 0.1) is 37.4 Å². The standard InChI is InChI=1S/C30H44N2O8S/c1-29(2,3)40-28(34)31-26(21-23-11-7-6-8-12-23)27(33)22-32(18-10-9-17-30(4)38-19-20-39-30)41(35,36)25-15-13-24(37-5)14-16-25/h6-8,11-16,26-27,33H,9-10,17-22H2,1-5H3,(H,31,34)/t26-,27+/m0/s1. The number of nitrogens with one attached hydrogen (secondary N) is 1. The largest absolute Gasteiger partial charge is 0.497 e. The van der Waals surface area contributed by atoms with E-state index < -0.39 is 39.7 Å². The number of alkyl carbamates (subject to hydrolysis) is 1. The zero-order valence-electron chi connectivity index (χ0n) is 24.7. The number of amides is 1. The monoisotopic (exact) mass is 592 g/mol. The molecule has 2 aromatic rings. The lowest BCUT2D eigenvalue weighted by atomic mass is 10.0. The molecular weight excluding hydrogens is 548 g/mol. The Kier molecular flexibility index (Phi) is 11.6. The summed E-state index contributed by atoms with van der Waals surface area (Å²) in [5.74, 6) is -0.137. The Morgan fingerprint density at radius 2 is 1.71 bits per heavy atom. The summed E-state index contributed by atoms with van der Waals surface area (Å²) in [6.45, 7) is 8.13. The molecule has 1 aliphatic rings. The van der Waals surface area contributed by atoms with Crippen LogP contribution in [0.3, 0.4) is 0 Å². The predicted molar refractivity (Wildman–Crippen MR) is 155 cm³/mol. The van der Waals surface area contributed by atoms with Gasteiger partial charge in [0.2, 0.25) is 10.0 Å². The molecule has 3 rings (SSSR count). The van der Waals surface area contributed by atoms with Gasteiger partial charge in [-0.15, -0.1) is 0 Å². The third kappa shape index (κ3) is 10.3. The molecule has 0 bridgehead atoms. The van der Waals surface area contributed by atoms with Crippen molar-refractivity contribution in [2.45, 2.75) is 81.8 Å². The summed E-state index contributed by atoms with van der Waals surface area (Å²) in [6, 6.07) is 14.7. The van der Waals surface area contributed by atoms with E-state index in [-0.39, 0.29) is 24.4 Å². The van der Waals surface area contributed by atoms with E-state index in [2.05, 4.69) is 5.32 Å². The zero-order valence-corrected chi connectivity index (χ0v) is 25.5. The maximum Gasteiger partial charge on any atom is 0.407 e. The van der Waals surface area contributed by atoms with Crippen molar-refractivity contribution in [1.82, 2.24) is 9.62 Å². The number of aliphatic hydroxyl groups excluding tert-OH is 1. The van der Waals surface area contributed by atoms with Crippen molar-refractivity contribution in [2.75, 3.05) is 33.4 Å². The average molecular weight is 593 g/mol. The van der Waals surface area contributed by atoms with Crippen LogP contribution in [-0.4, -0.2) is 80.9 Å². The third-order valence-electron chi connectivity index (χ3n) is 6.74. The van der Waals surface area contributed by atoms with E-state index in [1.54, 1.807) is 32.9 Å². The van der Waals surface area contributed by atoms with E-state index in [1.807, 2.05) is 37.3 Å². The normalized spacial score (nSPS) is 16.8. The molecule has 1 fully saturated rings. The van der Waals surface area contributed by atoms with Crippen molar-refractivity contribution in [1.29, 1.82) is 0 Å². The fraction of sp³-hybridized carbons (Fsp3) is 0.567. The van der Waals surface area contributed by atoms with Gasteiger partial charge in [0.15, 0.2) is 5.79 Å². The number of carbonyl (C=O) groups is 1. The average Bonchev–Trinajstić information content (AvgIpc) is 3.35. The number of hydrogen-bond donors (Lipinski definition) is 2. The molecule has 1 heterocycles. The molecule has 11 heteroatoms. The zero-order chi connectivity index (χ0) is 30.1. The lowest BCUT2D eigenvalue weighted by Crippen LogP contribution is -2.51. The molecule has 10 nitrogen and oxygen atoms in total. The fourth-order valence-electron chi connectivity index (χ4n) is 4.59. The Morgan fingerprint density at radius 3 is 2.29 bits per heavy atom. The molecule has 0 unspecified atom stereocenters. The van der Waals surface area contributed by atoms with Gasteiger partial charge in [-0.25, -0.2) is 13.2 Å². The second-order valence-corrected chi connectivity index (χ2v) is 13.3. The highest BCUT2D eigenvalue weighted by atomic mass is 32.2. The van der Waals surface area contributed by atoms with Crippen LogP contribution in [0, 0.1) is 0 Å². The number of rotatable bonds is 14. The number of benzene rings is 2. The number of unbranched alkanes of at least 4 members (excludes halogenated alkanes) is 1. The number of aliphatic hydroxyl groups is 1. The lowest BCUT2D eigenvalue weighted by molar-refractivity contribution is -0.147. The molecule has 2 aromatic carbocycles. The molecule has 0 spiro atoms. The van der Waals surface area contributed by atoms with Gasteiger partial charge < -0.3 is 29.4 Å². The van der Waals surface area contributed by atoms with Crippen LogP contribution < -0.4 is 10.1 Å². The molecule has 1 saturated heterocycles. The minimum absolute atomic E-state index is 0.0830. The minimum atomic E-state index is -3.99. The van der Waals surface area contributed by atoms with Crippen LogP contribution in [0.5, 0.6) is 5.75 Å². The maximum atomic E-state index is 13.8. The number of carbonyl (C=O) groups excluding carboxylic acids is 1. The SMILES string of the molecule is COc1ccc(S(=O)(=O)N(CCCCC2(C)OCCO2)C[C@@H](O)[C@H](Cc2ccccc2)NC(=O)OC(C)(C)C)cc1. The first-order valence-electron chi connectivity index (χ1n) is 13.9. The summed E-state index contributed by atoms with van der Waals surface area (Å²) < 4.78 is 50.8. The number of hydrogen-bond acceptors (Lipinski definition) is 8. The van der Waals surface area contributed by atoms with E-state index in [4.69, 9.17) is 18.9 Å². The van der Waals surface area contributed by atoms with Crippen LogP contribution in [0.1, 0.15) is 52.5 Å². The minimum Gasteiger partial charge on any atom is -0.497 e. The molecule has 0 aromatic heterocycles. The van der Waals surface area contributed by atoms with E-state index >= 15 is 0 Å². The van der Waals surface area contributed by atoms with Crippen LogP contribution >= 0.6 is 0 Å². The number of ether oxygens (including phenoxy) is 4. The van der Waals surface area contributed by atoms with Crippen molar-refractivity contribution in [3.63, 3.8) is 0 Å². The smallest absolute Gasteiger partial charge is 0.407 e. The van der Waals surface area contributed by atoms with Crippen LogP contribution in [0.4, 0.5) is 4.79 Å². The fourth-order valence-corrected chi connectivity index (χ4v) is 6.08. The van der Waals surface area contributed by atoms with Crippen molar-refractivity contribution < 1.29 is 37.3 Å². The first-order valence-corrected chi connectivity index (χ1v) is 15.4. The van der Waals surface area contributed by atoms with E-state index in [9.17, 15) is 18.3 Å². The summed E-state index contributed by atoms with van der Waals surface area (Å²) in [6.07, 6.45) is 0.160. The third-order valence-corrected chi connectivity index (χ3v) is 8.62. The molecule has 2 N–H and O–H groups in total. The van der Waals surface area contributed by atoms with Gasteiger partial charge in [-0.3, -0.25) is 0 Å². The maximum absolute atomic E-state index is 13.8. The number of nitrogens with zero attached hydrogens (tertiary/aromatic N) is 1. The molecule has 0 aliphatic carbocycles. The Morgan fingerprint density at radius 1 is 1.07 bits per heavy atom. The highest BCUT2D eigenvalue weighted by Gasteiger charge is 2.33. The molecule has 1 amide bonds. The summed E-state index contributed by atoms with van der Waals surface area (Å²) in [5.41, 5.74) is 0.140. The van der Waals surface area contributed by atoms with Gasteiger partial charge in [0, 0.05) is 19.5 Å². The summed E-state index contributed by atoms with van der Waals surface area (Å²) >= 11 is 0. The number of sulfonamides is 1. The van der Waals surface area contributed by atoms with E-state index in [0.29, 0.717) is 38.2 Å². The Hall–Kier alpha value is -2.70. The summed E-state index contributed by atoms with van der Waals surface area (Å²) in [7, 11) is -2.48. The van der Waals surface area contributed by atoms with Gasteiger partial charge in [0.25, 0.3) is 0 Å². The Bertz CT molecular complexity index is 1190. The van der Waals surface area contributed by atoms with Gasteiger partial charge in [-0.2, -0.15) is 4.31 Å². The molecule has 228 valence electrons. The van der Waals surface area contributed by atoms with Crippen LogP contribution in [0.2, 0.25) is 0 Å². The topological polar surface area (TPSA) is 124 Å². The van der Waals surface area contributed by atoms with E-state index in [1.165, 1.54) is 23.5 Å². The molecule has 0 radical (unpaired) electrons. The summed E-state index contributed by atoms with van der Waals surface area (Å²) in [5, 5.41) is 14.2. The Labute approximate surface area is 244 Å². The first-order chi connectivity index (χ1) is 19.3. The lowest BCUT2D eigenvalue weighted by Gasteiger charge is -2.31. The number of methoxy groups -OCH3 is 1. The second-order valence-electron chi connectivity index (χ2n) is 11.3. The molecule has 41 heavy (non-hydrogen) atoms. The van der Waals surface area contributed by atoms with Gasteiger partial charge in [-0.1, -0.05) is 30.3 Å². The van der Waals surface area contributed by atoms with Crippen LogP contribution in [0.15, 0.2) is 59.5 Å². The van der Waals surface area contributed by atoms with Crippen molar-refractivity contribution >= 4 is 16.1 Å². The quantitative estimate of drug-likeness (QED) is 0.314. The van der Waals surface area contributed by atoms with Crippen LogP contribution in [0.25, 0.3) is 0 Å². The predicted octanol–water partition coefficient (Wildman–Crippen LogP) is 4.12. The van der Waals surface area contributed by atoms with Crippen molar-refractivity contribution in [3.8, 4) is 5.75 Å². The molecule has 0 saturated carbocycles. The molecular formula is C30H44N2O8S. The summed E-state index contributed by atoms with van der Waals surface area (Å²) in [4.78, 5) is 12.8. The van der Waals surface area contributed by atoms with Gasteiger partial charge in [-0.05, 0) is 76.8 Å². The van der Waals surface area contributed by atoms with Gasteiger partial charge >= 0.3 is 6.09 Å². The van der Waals surface area contributed by atoms with E-state index in [0.717, 1.165) is 5.56 Å². The van der Waals surface area contributed by atoms with Crippen LogP contribution in [-0.2, 0) is 30.7 Å². The second kappa shape index (κ2) is 14.5. The highest BCUT2D eigenvalue weighted by molar-refractivity contribution is 7.89. The first kappa shape index (κ1) is 32.8. The molecule has 1 aliphatic heterocycles. The van der Waals surface area contributed by atoms with Crippen molar-refractivity contribution in [3.05, 3.63) is 60.2 Å². The Balaban J connectivity index is 1.81. The highest BCUT2D eigenvalue weighted by Crippen LogP contribution is 2.26. The van der Waals surface area contributed by atoms with Crippen molar-refractivity contribution in [2.24, 2.45) is 0 Å².